The average Bonchev–Trinajstić information content (AvgIpc) is 3.08. The molecule has 0 aliphatic rings. The number of hydrogen-bond acceptors (Lipinski definition) is 8. The van der Waals surface area contributed by atoms with Gasteiger partial charge in [-0.15, -0.1) is 0 Å². The minimum Gasteiger partial charge on any atom is -0.496 e. The van der Waals surface area contributed by atoms with Crippen LogP contribution in [0.5, 0.6) is 23.0 Å². The maximum absolute atomic E-state index is 13.4. The predicted molar refractivity (Wildman–Crippen MR) is 197 cm³/mol. The van der Waals surface area contributed by atoms with Crippen molar-refractivity contribution >= 4 is 53.6 Å². The van der Waals surface area contributed by atoms with Crippen LogP contribution in [0, 0.1) is 0 Å². The first-order valence-electron chi connectivity index (χ1n) is 15.7. The Kier molecular flexibility index (Phi) is 10.9. The van der Waals surface area contributed by atoms with E-state index in [-0.39, 0.29) is 23.2 Å². The van der Waals surface area contributed by atoms with E-state index in [1.165, 1.54) is 14.2 Å². The topological polar surface area (TPSA) is 160 Å². The van der Waals surface area contributed by atoms with E-state index >= 15 is 0 Å². The molecule has 50 heavy (non-hydrogen) atoms. The molecule has 5 aromatic rings. The molecule has 0 aliphatic carbocycles. The summed E-state index contributed by atoms with van der Waals surface area (Å²) in [5.41, 5.74) is 3.09. The van der Waals surface area contributed by atoms with Gasteiger partial charge in [-0.1, -0.05) is 51.1 Å². The Balaban J connectivity index is 1.37. The first kappa shape index (κ1) is 35.7. The van der Waals surface area contributed by atoms with Crippen LogP contribution in [0.4, 0.5) is 27.7 Å². The highest BCUT2D eigenvalue weighted by Gasteiger charge is 2.24. The number of aromatic nitrogens is 1. The lowest BCUT2D eigenvalue weighted by atomic mass is 9.85. The lowest BCUT2D eigenvalue weighted by Crippen LogP contribution is -2.24. The second-order valence-corrected chi connectivity index (χ2v) is 13.5. The summed E-state index contributed by atoms with van der Waals surface area (Å²) in [7, 11) is 1.81. The third-order valence-corrected chi connectivity index (χ3v) is 8.55. The second kappa shape index (κ2) is 15.3. The Morgan fingerprint density at radius 1 is 0.860 bits per heavy atom. The summed E-state index contributed by atoms with van der Waals surface area (Å²) in [6.45, 7) is 6.07. The number of rotatable bonds is 11. The molecule has 0 fully saturated rings. The van der Waals surface area contributed by atoms with E-state index in [4.69, 9.17) is 14.2 Å². The zero-order chi connectivity index (χ0) is 36.0. The molecule has 3 amide bonds. The zero-order valence-electron chi connectivity index (χ0n) is 28.6. The molecule has 5 N–H and O–H groups in total. The Morgan fingerprint density at radius 3 is 2.28 bits per heavy atom. The van der Waals surface area contributed by atoms with Crippen LogP contribution >= 0.6 is 8.03 Å². The lowest BCUT2D eigenvalue weighted by Gasteiger charge is -2.23. The number of carbonyl (C=O) groups excluding carboxylic acids is 2. The molecule has 12 nitrogen and oxygen atoms in total. The summed E-state index contributed by atoms with van der Waals surface area (Å²) in [5.74, 6) is 2.01. The van der Waals surface area contributed by atoms with Gasteiger partial charge >= 0.3 is 6.03 Å². The van der Waals surface area contributed by atoms with Crippen LogP contribution in [0.3, 0.4) is 0 Å². The number of methoxy groups -OCH3 is 2. The van der Waals surface area contributed by atoms with E-state index in [1.807, 2.05) is 51.1 Å². The number of amides is 3. The van der Waals surface area contributed by atoms with Gasteiger partial charge in [-0.25, -0.2) is 9.78 Å². The fourth-order valence-corrected chi connectivity index (χ4v) is 5.99. The molecule has 13 heteroatoms. The number of carbonyl (C=O) groups is 2. The van der Waals surface area contributed by atoms with Crippen molar-refractivity contribution in [2.75, 3.05) is 37.2 Å². The second-order valence-electron chi connectivity index (χ2n) is 12.4. The highest BCUT2D eigenvalue weighted by atomic mass is 31.1. The van der Waals surface area contributed by atoms with E-state index in [0.717, 1.165) is 16.3 Å². The molecule has 1 atom stereocenters. The van der Waals surface area contributed by atoms with Crippen molar-refractivity contribution in [3.8, 4) is 23.0 Å². The number of nitrogens with zero attached hydrogens (tertiary/aromatic N) is 1. The van der Waals surface area contributed by atoms with Gasteiger partial charge in [0.25, 0.3) is 5.91 Å². The van der Waals surface area contributed by atoms with Crippen LogP contribution in [0.1, 0.15) is 42.3 Å². The van der Waals surface area contributed by atoms with Gasteiger partial charge in [-0.3, -0.25) is 9.36 Å². The molecule has 0 radical (unpaired) electrons. The highest BCUT2D eigenvalue weighted by Crippen LogP contribution is 2.38. The highest BCUT2D eigenvalue weighted by molar-refractivity contribution is 7.37. The Labute approximate surface area is 291 Å². The monoisotopic (exact) mass is 697 g/mol. The minimum atomic E-state index is -2.70. The van der Waals surface area contributed by atoms with E-state index in [1.54, 1.807) is 61.8 Å². The van der Waals surface area contributed by atoms with Crippen molar-refractivity contribution in [3.05, 3.63) is 102 Å². The van der Waals surface area contributed by atoms with Gasteiger partial charge in [0.2, 0.25) is 0 Å². The van der Waals surface area contributed by atoms with Gasteiger partial charge in [0.1, 0.15) is 23.1 Å². The van der Waals surface area contributed by atoms with Crippen LogP contribution in [-0.4, -0.2) is 43.1 Å². The number of nitrogens with one attached hydrogen (secondary N) is 4. The molecule has 0 aliphatic heterocycles. The number of anilines is 4. The number of urea groups is 1. The number of hydrogen-bond donors (Lipinski definition) is 5. The van der Waals surface area contributed by atoms with Gasteiger partial charge in [0.05, 0.1) is 37.3 Å². The molecule has 5 rings (SSSR count). The lowest BCUT2D eigenvalue weighted by molar-refractivity contribution is 0.0960. The van der Waals surface area contributed by atoms with Gasteiger partial charge in [0, 0.05) is 47.4 Å². The zero-order valence-corrected chi connectivity index (χ0v) is 29.6. The summed E-state index contributed by atoms with van der Waals surface area (Å²) in [6.07, 6.45) is 1.64. The van der Waals surface area contributed by atoms with Crippen LogP contribution < -0.4 is 35.5 Å². The van der Waals surface area contributed by atoms with Crippen LogP contribution in [-0.2, 0) is 16.1 Å². The number of fused-ring (bicyclic) bond motifs is 1. The van der Waals surface area contributed by atoms with Gasteiger partial charge in [0.15, 0.2) is 13.8 Å². The third kappa shape index (κ3) is 8.34. The summed E-state index contributed by atoms with van der Waals surface area (Å²) < 4.78 is 28.7. The van der Waals surface area contributed by atoms with Crippen LogP contribution in [0.2, 0.25) is 0 Å². The molecule has 1 heterocycles. The minimum absolute atomic E-state index is 0.0304. The normalized spacial score (nSPS) is 11.7. The van der Waals surface area contributed by atoms with Gasteiger partial charge in [-0.2, -0.15) is 0 Å². The van der Waals surface area contributed by atoms with Crippen LogP contribution in [0.15, 0.2) is 85.1 Å². The Hall–Kier alpha value is -5.58. The quantitative estimate of drug-likeness (QED) is 0.0861. The molecule has 4 aromatic carbocycles. The van der Waals surface area contributed by atoms with E-state index in [9.17, 15) is 19.0 Å². The Morgan fingerprint density at radius 2 is 1.60 bits per heavy atom. The van der Waals surface area contributed by atoms with E-state index < -0.39 is 14.1 Å². The fourth-order valence-electron chi connectivity index (χ4n) is 5.37. The van der Waals surface area contributed by atoms with Gasteiger partial charge < -0.3 is 40.4 Å². The maximum atomic E-state index is 13.4. The summed E-state index contributed by atoms with van der Waals surface area (Å²) in [5, 5.41) is 13.2. The summed E-state index contributed by atoms with van der Waals surface area (Å²) in [6, 6.07) is 22.9. The molecular weight excluding hydrogens is 657 g/mol. The maximum Gasteiger partial charge on any atom is 0.323 e. The molecule has 0 bridgehead atoms. The smallest absolute Gasteiger partial charge is 0.323 e. The van der Waals surface area contributed by atoms with Crippen molar-refractivity contribution < 1.29 is 33.3 Å². The summed E-state index contributed by atoms with van der Waals surface area (Å²) >= 11 is 0. The van der Waals surface area contributed by atoms with E-state index in [0.29, 0.717) is 51.3 Å². The molecule has 0 saturated heterocycles. The van der Waals surface area contributed by atoms with Crippen molar-refractivity contribution in [1.29, 1.82) is 0 Å². The molecule has 1 aromatic heterocycles. The van der Waals surface area contributed by atoms with Crippen LogP contribution in [0.25, 0.3) is 10.8 Å². The third-order valence-electron chi connectivity index (χ3n) is 7.87. The molecule has 260 valence electrons. The van der Waals surface area contributed by atoms with Crippen molar-refractivity contribution in [3.63, 3.8) is 0 Å². The van der Waals surface area contributed by atoms with Gasteiger partial charge in [-0.05, 0) is 47.4 Å². The average molecular weight is 698 g/mol. The fraction of sp³-hybridized carbons (Fsp3) is 0.216. The van der Waals surface area contributed by atoms with Crippen molar-refractivity contribution in [2.24, 2.45) is 0 Å². The molecule has 1 unspecified atom stereocenters. The first-order valence-corrected chi connectivity index (χ1v) is 17.3. The standard InChI is InChI=1S/C37H40N5O7P/c1-37(2,3)23-17-28(35(43)38-4)34(48-6)30(18-23)42-36(44)41-29-13-14-31(27-10-8-7-9-26(27)29)49-25-15-16-39-33(20-25)40-24-12-11-22(21-50(45)46)32(19-24)47-5/h7-20,50H,21H2,1-6H3,(H,38,43)(H,39,40)(H,45,46)(H2,41,42,44). The Bertz CT molecular complexity index is 2080. The number of pyridine rings is 1. The van der Waals surface area contributed by atoms with E-state index in [2.05, 4.69) is 26.3 Å². The molecule has 0 spiro atoms. The predicted octanol–water partition coefficient (Wildman–Crippen LogP) is 8.06. The first-order chi connectivity index (χ1) is 23.9. The summed E-state index contributed by atoms with van der Waals surface area (Å²) in [4.78, 5) is 39.9. The largest absolute Gasteiger partial charge is 0.496 e. The molecular formula is C37H40N5O7P. The number of ether oxygens (including phenoxy) is 3. The van der Waals surface area contributed by atoms with Crippen molar-refractivity contribution in [2.45, 2.75) is 32.3 Å². The SMILES string of the molecule is CNC(=O)c1cc(C(C)(C)C)cc(NC(=O)Nc2ccc(Oc3ccnc(Nc4ccc(C[PH](=O)O)c(OC)c4)c3)c3ccccc23)c1OC. The van der Waals surface area contributed by atoms with Crippen molar-refractivity contribution in [1.82, 2.24) is 10.3 Å². The molecule has 0 saturated carbocycles. The number of benzene rings is 4.